The van der Waals surface area contributed by atoms with Gasteiger partial charge >= 0.3 is 5.97 Å². The second-order valence-electron chi connectivity index (χ2n) is 3.48. The number of carboxylic acids is 1. The van der Waals surface area contributed by atoms with Gasteiger partial charge in [-0.2, -0.15) is 0 Å². The molecule has 92 valence electrons. The third-order valence-corrected chi connectivity index (χ3v) is 3.55. The highest BCUT2D eigenvalue weighted by molar-refractivity contribution is 7.89. The molecule has 0 aliphatic carbocycles. The van der Waals surface area contributed by atoms with E-state index in [-0.39, 0.29) is 17.0 Å². The maximum atomic E-state index is 11.8. The number of rotatable bonds is 5. The highest BCUT2D eigenvalue weighted by Gasteiger charge is 2.19. The highest BCUT2D eigenvalue weighted by Crippen LogP contribution is 2.11. The Bertz CT molecular complexity index is 553. The van der Waals surface area contributed by atoms with Crippen molar-refractivity contribution >= 4 is 16.0 Å². The molecule has 0 bridgehead atoms. The number of terminal acetylenes is 1. The van der Waals surface area contributed by atoms with Crippen LogP contribution in [0.3, 0.4) is 0 Å². The summed E-state index contributed by atoms with van der Waals surface area (Å²) >= 11 is 0. The van der Waals surface area contributed by atoms with Crippen molar-refractivity contribution in [3.63, 3.8) is 0 Å². The third kappa shape index (κ3) is 3.34. The van der Waals surface area contributed by atoms with Gasteiger partial charge in [-0.1, -0.05) is 0 Å². The molecule has 0 aliphatic rings. The monoisotopic (exact) mass is 256 g/mol. The van der Waals surface area contributed by atoms with Gasteiger partial charge in [0.1, 0.15) is 10.6 Å². The Morgan fingerprint density at radius 2 is 2.35 bits per heavy atom. The van der Waals surface area contributed by atoms with E-state index < -0.39 is 22.0 Å². The van der Waals surface area contributed by atoms with E-state index in [1.807, 2.05) is 0 Å². The Balaban J connectivity index is 2.90. The molecule has 3 N–H and O–H groups in total. The predicted molar refractivity (Wildman–Crippen MR) is 61.0 cm³/mol. The standard InChI is InChI=1S/C10H12N2O4S/c1-3-4-7(2)12-17(15,16)8-5-9(10(13)14)11-6-8/h1,5-7,11-12H,4H2,2H3,(H,13,14). The highest BCUT2D eigenvalue weighted by atomic mass is 32.2. The van der Waals surface area contributed by atoms with Crippen molar-refractivity contribution in [2.75, 3.05) is 0 Å². The van der Waals surface area contributed by atoms with Crippen LogP contribution in [0.4, 0.5) is 0 Å². The average molecular weight is 256 g/mol. The number of hydrogen-bond donors (Lipinski definition) is 3. The van der Waals surface area contributed by atoms with E-state index in [0.29, 0.717) is 0 Å². The molecule has 1 atom stereocenters. The van der Waals surface area contributed by atoms with E-state index in [0.717, 1.165) is 12.3 Å². The fourth-order valence-corrected chi connectivity index (χ4v) is 2.44. The molecule has 1 unspecified atom stereocenters. The lowest BCUT2D eigenvalue weighted by Gasteiger charge is -2.09. The number of carbonyl (C=O) groups is 1. The van der Waals surface area contributed by atoms with Crippen molar-refractivity contribution in [2.24, 2.45) is 0 Å². The second kappa shape index (κ2) is 5.03. The molecule has 0 amide bonds. The van der Waals surface area contributed by atoms with E-state index >= 15 is 0 Å². The number of nitrogens with one attached hydrogen (secondary N) is 2. The minimum Gasteiger partial charge on any atom is -0.477 e. The van der Waals surface area contributed by atoms with Crippen LogP contribution in [0, 0.1) is 12.3 Å². The zero-order valence-electron chi connectivity index (χ0n) is 9.10. The topological polar surface area (TPSA) is 99.3 Å². The summed E-state index contributed by atoms with van der Waals surface area (Å²) in [4.78, 5) is 12.8. The summed E-state index contributed by atoms with van der Waals surface area (Å²) in [5.74, 6) is 1.12. The first kappa shape index (κ1) is 13.3. The lowest BCUT2D eigenvalue weighted by molar-refractivity contribution is 0.0691. The van der Waals surface area contributed by atoms with Crippen LogP contribution in [0.25, 0.3) is 0 Å². The van der Waals surface area contributed by atoms with Crippen LogP contribution in [0.15, 0.2) is 17.2 Å². The number of aromatic nitrogens is 1. The van der Waals surface area contributed by atoms with Crippen LogP contribution in [-0.4, -0.2) is 30.5 Å². The first-order valence-electron chi connectivity index (χ1n) is 4.74. The third-order valence-electron chi connectivity index (χ3n) is 1.98. The molecule has 1 aromatic heterocycles. The summed E-state index contributed by atoms with van der Waals surface area (Å²) in [6.45, 7) is 1.63. The summed E-state index contributed by atoms with van der Waals surface area (Å²) in [5.41, 5.74) is -0.185. The minimum atomic E-state index is -3.73. The van der Waals surface area contributed by atoms with E-state index in [9.17, 15) is 13.2 Å². The van der Waals surface area contributed by atoms with Gasteiger partial charge in [-0.05, 0) is 13.0 Å². The van der Waals surface area contributed by atoms with Crippen LogP contribution in [0.5, 0.6) is 0 Å². The maximum absolute atomic E-state index is 11.8. The van der Waals surface area contributed by atoms with Gasteiger partial charge in [0.25, 0.3) is 0 Å². The molecule has 0 saturated carbocycles. The van der Waals surface area contributed by atoms with Gasteiger partial charge in [0.2, 0.25) is 10.0 Å². The van der Waals surface area contributed by atoms with Gasteiger partial charge < -0.3 is 10.1 Å². The van der Waals surface area contributed by atoms with E-state index in [4.69, 9.17) is 11.5 Å². The Labute approximate surface area is 99.1 Å². The first-order chi connectivity index (χ1) is 7.86. The molecule has 0 aromatic carbocycles. The first-order valence-corrected chi connectivity index (χ1v) is 6.22. The van der Waals surface area contributed by atoms with Gasteiger partial charge in [0.05, 0.1) is 0 Å². The van der Waals surface area contributed by atoms with Crippen LogP contribution in [0.2, 0.25) is 0 Å². The number of carboxylic acid groups (broad SMARTS) is 1. The van der Waals surface area contributed by atoms with Crippen molar-refractivity contribution < 1.29 is 18.3 Å². The van der Waals surface area contributed by atoms with Crippen LogP contribution >= 0.6 is 0 Å². The lowest BCUT2D eigenvalue weighted by Crippen LogP contribution is -2.32. The maximum Gasteiger partial charge on any atom is 0.352 e. The zero-order valence-corrected chi connectivity index (χ0v) is 9.91. The second-order valence-corrected chi connectivity index (χ2v) is 5.20. The number of aromatic amines is 1. The van der Waals surface area contributed by atoms with Gasteiger partial charge in [-0.15, -0.1) is 12.3 Å². The van der Waals surface area contributed by atoms with Gasteiger partial charge in [0, 0.05) is 18.7 Å². The van der Waals surface area contributed by atoms with Crippen LogP contribution in [0.1, 0.15) is 23.8 Å². The molecule has 1 rings (SSSR count). The molecule has 1 heterocycles. The van der Waals surface area contributed by atoms with Crippen molar-refractivity contribution in [1.29, 1.82) is 0 Å². The molecule has 6 nitrogen and oxygen atoms in total. The van der Waals surface area contributed by atoms with E-state index in [1.165, 1.54) is 0 Å². The molecule has 0 fully saturated rings. The normalized spacial score (nSPS) is 12.9. The number of hydrogen-bond acceptors (Lipinski definition) is 3. The van der Waals surface area contributed by atoms with Crippen LogP contribution in [-0.2, 0) is 10.0 Å². The molecule has 17 heavy (non-hydrogen) atoms. The SMILES string of the molecule is C#CCC(C)NS(=O)(=O)c1c[nH]c(C(=O)O)c1. The molecule has 7 heteroatoms. The fraction of sp³-hybridized carbons (Fsp3) is 0.300. The van der Waals surface area contributed by atoms with Gasteiger partial charge in [-0.25, -0.2) is 17.9 Å². The van der Waals surface area contributed by atoms with Crippen molar-refractivity contribution in [1.82, 2.24) is 9.71 Å². The average Bonchev–Trinajstić information content (AvgIpc) is 2.65. The summed E-state index contributed by atoms with van der Waals surface area (Å²) in [7, 11) is -3.73. The lowest BCUT2D eigenvalue weighted by atomic mass is 10.3. The Hall–Kier alpha value is -1.78. The molecular weight excluding hydrogens is 244 g/mol. The molecule has 0 aliphatic heterocycles. The summed E-state index contributed by atoms with van der Waals surface area (Å²) in [6.07, 6.45) is 6.44. The number of sulfonamides is 1. The van der Waals surface area contributed by atoms with E-state index in [1.54, 1.807) is 6.92 Å². The smallest absolute Gasteiger partial charge is 0.352 e. The molecule has 0 spiro atoms. The van der Waals surface area contributed by atoms with E-state index in [2.05, 4.69) is 15.6 Å². The van der Waals surface area contributed by atoms with Crippen molar-refractivity contribution in [3.05, 3.63) is 18.0 Å². The molecule has 1 aromatic rings. The van der Waals surface area contributed by atoms with Gasteiger partial charge in [0.15, 0.2) is 0 Å². The quantitative estimate of drug-likeness (QED) is 0.664. The fourth-order valence-electron chi connectivity index (χ4n) is 1.20. The Morgan fingerprint density at radius 1 is 1.71 bits per heavy atom. The number of H-pyrrole nitrogens is 1. The summed E-state index contributed by atoms with van der Waals surface area (Å²) < 4.78 is 25.9. The Morgan fingerprint density at radius 3 is 2.82 bits per heavy atom. The summed E-state index contributed by atoms with van der Waals surface area (Å²) in [5, 5.41) is 8.66. The molecule has 0 saturated heterocycles. The summed E-state index contributed by atoms with van der Waals surface area (Å²) in [6, 6.07) is 0.640. The molecular formula is C10H12N2O4S. The largest absolute Gasteiger partial charge is 0.477 e. The Kier molecular flexibility index (Phi) is 3.93. The number of aromatic carboxylic acids is 1. The van der Waals surface area contributed by atoms with Crippen LogP contribution < -0.4 is 4.72 Å². The van der Waals surface area contributed by atoms with Crippen molar-refractivity contribution in [2.45, 2.75) is 24.3 Å². The minimum absolute atomic E-state index is 0.126. The molecule has 0 radical (unpaired) electrons. The predicted octanol–water partition coefficient (Wildman–Crippen LogP) is 0.403. The van der Waals surface area contributed by atoms with Crippen molar-refractivity contribution in [3.8, 4) is 12.3 Å². The van der Waals surface area contributed by atoms with Gasteiger partial charge in [-0.3, -0.25) is 0 Å². The zero-order chi connectivity index (χ0) is 13.1.